The molecule has 0 saturated heterocycles. The molecule has 0 fully saturated rings. The Morgan fingerprint density at radius 1 is 1.08 bits per heavy atom. The third kappa shape index (κ3) is 4.62. The van der Waals surface area contributed by atoms with E-state index in [4.69, 9.17) is 0 Å². The summed E-state index contributed by atoms with van der Waals surface area (Å²) < 4.78 is 89.7. The lowest BCUT2D eigenvalue weighted by Crippen LogP contribution is -2.23. The molecule has 1 N–H and O–H groups in total. The van der Waals surface area contributed by atoms with Crippen LogP contribution in [-0.2, 0) is 32.8 Å². The summed E-state index contributed by atoms with van der Waals surface area (Å²) >= 11 is 0.875. The van der Waals surface area contributed by atoms with Gasteiger partial charge in [-0.15, -0.1) is 11.3 Å². The van der Waals surface area contributed by atoms with E-state index in [0.717, 1.165) is 33.8 Å². The van der Waals surface area contributed by atoms with Crippen molar-refractivity contribution in [1.82, 2.24) is 9.03 Å². The normalized spacial score (nSPS) is 13.3. The van der Waals surface area contributed by atoms with Crippen LogP contribution in [0.5, 0.6) is 0 Å². The lowest BCUT2D eigenvalue weighted by atomic mass is 10.2. The molecule has 26 heavy (non-hydrogen) atoms. The minimum absolute atomic E-state index is 0.0377. The topological polar surface area (TPSA) is 83.6 Å². The molecule has 1 heterocycles. The summed E-state index contributed by atoms with van der Waals surface area (Å²) in [5, 5.41) is 0. The Morgan fingerprint density at radius 2 is 1.73 bits per heavy atom. The van der Waals surface area contributed by atoms with Crippen LogP contribution < -0.4 is 4.72 Å². The van der Waals surface area contributed by atoms with Gasteiger partial charge in [-0.25, -0.2) is 25.9 Å². The number of hydrogen-bond acceptors (Lipinski definition) is 5. The van der Waals surface area contributed by atoms with Gasteiger partial charge in [0.1, 0.15) is 4.21 Å². The fraction of sp³-hybridized carbons (Fsp3) is 0.286. The van der Waals surface area contributed by atoms with E-state index < -0.39 is 36.7 Å². The first-order valence-electron chi connectivity index (χ1n) is 7.02. The van der Waals surface area contributed by atoms with Crippen LogP contribution in [0, 0.1) is 0 Å². The molecule has 0 spiro atoms. The zero-order valence-electron chi connectivity index (χ0n) is 13.6. The van der Waals surface area contributed by atoms with Crippen molar-refractivity contribution >= 4 is 31.4 Å². The van der Waals surface area contributed by atoms with Gasteiger partial charge < -0.3 is 0 Å². The summed E-state index contributed by atoms with van der Waals surface area (Å²) in [6.45, 7) is -0.244. The zero-order valence-corrected chi connectivity index (χ0v) is 16.1. The zero-order chi connectivity index (χ0) is 19.8. The van der Waals surface area contributed by atoms with Crippen LogP contribution in [0.1, 0.15) is 10.4 Å². The van der Waals surface area contributed by atoms with Gasteiger partial charge in [-0.3, -0.25) is 0 Å². The summed E-state index contributed by atoms with van der Waals surface area (Å²) in [4.78, 5) is -0.119. The highest BCUT2D eigenvalue weighted by molar-refractivity contribution is 7.91. The van der Waals surface area contributed by atoms with Crippen molar-refractivity contribution < 1.29 is 30.0 Å². The molecular formula is C14H15F3N2O4S3. The summed E-state index contributed by atoms with van der Waals surface area (Å²) in [6.07, 6.45) is -4.66. The Balaban J connectivity index is 2.18. The van der Waals surface area contributed by atoms with Crippen molar-refractivity contribution in [2.24, 2.45) is 0 Å². The third-order valence-corrected chi connectivity index (χ3v) is 8.05. The quantitative estimate of drug-likeness (QED) is 0.766. The molecule has 0 atom stereocenters. The van der Waals surface area contributed by atoms with Gasteiger partial charge in [0.2, 0.25) is 10.0 Å². The molecule has 0 aliphatic rings. The number of thiophene rings is 1. The minimum Gasteiger partial charge on any atom is -0.207 e. The molecule has 2 rings (SSSR count). The minimum atomic E-state index is -4.66. The van der Waals surface area contributed by atoms with Crippen molar-refractivity contribution in [2.45, 2.75) is 21.8 Å². The summed E-state index contributed by atoms with van der Waals surface area (Å²) in [6, 6.07) is 6.15. The van der Waals surface area contributed by atoms with Gasteiger partial charge in [-0.2, -0.15) is 13.2 Å². The molecule has 0 unspecified atom stereocenters. The van der Waals surface area contributed by atoms with Crippen LogP contribution >= 0.6 is 11.3 Å². The highest BCUT2D eigenvalue weighted by atomic mass is 32.2. The second-order valence-corrected chi connectivity index (χ2v) is 10.7. The van der Waals surface area contributed by atoms with E-state index >= 15 is 0 Å². The summed E-state index contributed by atoms with van der Waals surface area (Å²) in [5.41, 5.74) is -1.07. The highest BCUT2D eigenvalue weighted by Crippen LogP contribution is 2.30. The van der Waals surface area contributed by atoms with Crippen LogP contribution in [0.25, 0.3) is 0 Å². The number of rotatable bonds is 6. The maximum absolute atomic E-state index is 12.7. The van der Waals surface area contributed by atoms with Gasteiger partial charge in [0.05, 0.1) is 10.5 Å². The SMILES string of the molecule is CN(C)S(=O)(=O)c1ccc(CNS(=O)(=O)c2cccc(C(F)(F)F)c2)s1. The molecule has 0 bridgehead atoms. The second kappa shape index (κ2) is 7.27. The first-order chi connectivity index (χ1) is 11.8. The molecular weight excluding hydrogens is 413 g/mol. The predicted octanol–water partition coefficient (Wildman–Crippen LogP) is 2.50. The number of hydrogen-bond donors (Lipinski definition) is 1. The van der Waals surface area contributed by atoms with Crippen LogP contribution in [0.15, 0.2) is 45.5 Å². The smallest absolute Gasteiger partial charge is 0.207 e. The average molecular weight is 428 g/mol. The molecule has 144 valence electrons. The van der Waals surface area contributed by atoms with E-state index in [0.29, 0.717) is 10.9 Å². The van der Waals surface area contributed by atoms with Gasteiger partial charge in [0.15, 0.2) is 0 Å². The Bertz CT molecular complexity index is 996. The predicted molar refractivity (Wildman–Crippen MR) is 90.7 cm³/mol. The van der Waals surface area contributed by atoms with Crippen LogP contribution in [-0.4, -0.2) is 35.2 Å². The Morgan fingerprint density at radius 3 is 2.31 bits per heavy atom. The lowest BCUT2D eigenvalue weighted by Gasteiger charge is -2.10. The Hall–Kier alpha value is -1.47. The Labute approximate surface area is 153 Å². The molecule has 0 aliphatic heterocycles. The third-order valence-electron chi connectivity index (χ3n) is 3.28. The van der Waals surface area contributed by atoms with Crippen molar-refractivity contribution in [3.63, 3.8) is 0 Å². The van der Waals surface area contributed by atoms with E-state index in [2.05, 4.69) is 4.72 Å². The largest absolute Gasteiger partial charge is 0.416 e. The molecule has 0 amide bonds. The summed E-state index contributed by atoms with van der Waals surface area (Å²) in [5.74, 6) is 0. The fourth-order valence-corrected chi connectivity index (χ4v) is 5.47. The Kier molecular flexibility index (Phi) is 5.83. The van der Waals surface area contributed by atoms with Crippen LogP contribution in [0.3, 0.4) is 0 Å². The van der Waals surface area contributed by atoms with E-state index in [1.807, 2.05) is 0 Å². The van der Waals surface area contributed by atoms with Gasteiger partial charge in [0.25, 0.3) is 10.0 Å². The van der Waals surface area contributed by atoms with E-state index in [1.165, 1.54) is 26.2 Å². The van der Waals surface area contributed by atoms with E-state index in [9.17, 15) is 30.0 Å². The number of sulfonamides is 2. The monoisotopic (exact) mass is 428 g/mol. The molecule has 0 aliphatic carbocycles. The molecule has 0 saturated carbocycles. The van der Waals surface area contributed by atoms with Gasteiger partial charge in [0, 0.05) is 25.5 Å². The van der Waals surface area contributed by atoms with Crippen molar-refractivity contribution in [3.05, 3.63) is 46.8 Å². The number of benzene rings is 1. The maximum atomic E-state index is 12.7. The highest BCUT2D eigenvalue weighted by Gasteiger charge is 2.31. The summed E-state index contributed by atoms with van der Waals surface area (Å²) in [7, 11) is -5.09. The van der Waals surface area contributed by atoms with Crippen LogP contribution in [0.4, 0.5) is 13.2 Å². The standard InChI is InChI=1S/C14H15F3N2O4S3/c1-19(2)26(22,23)13-7-6-11(24-13)9-18-25(20,21)12-5-3-4-10(8-12)14(15,16)17/h3-8,18H,9H2,1-2H3. The molecule has 1 aromatic carbocycles. The number of alkyl halides is 3. The molecule has 6 nitrogen and oxygen atoms in total. The van der Waals surface area contributed by atoms with Crippen LogP contribution in [0.2, 0.25) is 0 Å². The van der Waals surface area contributed by atoms with E-state index in [1.54, 1.807) is 0 Å². The molecule has 1 aromatic heterocycles. The van der Waals surface area contributed by atoms with Gasteiger partial charge in [-0.1, -0.05) is 6.07 Å². The maximum Gasteiger partial charge on any atom is 0.416 e. The molecule has 12 heteroatoms. The van der Waals surface area contributed by atoms with Crippen molar-refractivity contribution in [3.8, 4) is 0 Å². The van der Waals surface area contributed by atoms with E-state index in [-0.39, 0.29) is 10.8 Å². The number of halogens is 3. The van der Waals surface area contributed by atoms with Crippen molar-refractivity contribution in [2.75, 3.05) is 14.1 Å². The molecule has 0 radical (unpaired) electrons. The first kappa shape index (κ1) is 20.8. The van der Waals surface area contributed by atoms with Gasteiger partial charge in [-0.05, 0) is 30.3 Å². The second-order valence-electron chi connectivity index (χ2n) is 5.36. The molecule has 2 aromatic rings. The van der Waals surface area contributed by atoms with Crippen molar-refractivity contribution in [1.29, 1.82) is 0 Å². The fourth-order valence-electron chi connectivity index (χ4n) is 1.86. The number of nitrogens with zero attached hydrogens (tertiary/aromatic N) is 1. The number of nitrogens with one attached hydrogen (secondary N) is 1. The first-order valence-corrected chi connectivity index (χ1v) is 10.8. The lowest BCUT2D eigenvalue weighted by molar-refractivity contribution is -0.137. The van der Waals surface area contributed by atoms with Gasteiger partial charge >= 0.3 is 6.18 Å². The average Bonchev–Trinajstić information content (AvgIpc) is 3.02.